The van der Waals surface area contributed by atoms with Crippen molar-refractivity contribution < 1.29 is 27.5 Å². The average Bonchev–Trinajstić information content (AvgIpc) is 2.75. The molecule has 0 saturated heterocycles. The Hall–Kier alpha value is -2.50. The van der Waals surface area contributed by atoms with Gasteiger partial charge in [0.15, 0.2) is 0 Å². The van der Waals surface area contributed by atoms with Crippen LogP contribution in [0.25, 0.3) is 0 Å². The van der Waals surface area contributed by atoms with E-state index in [0.717, 1.165) is 18.9 Å². The van der Waals surface area contributed by atoms with Gasteiger partial charge >= 0.3 is 12.2 Å². The number of carbonyl (C=O) groups is 2. The maximum absolute atomic E-state index is 13.0. The van der Waals surface area contributed by atoms with Crippen LogP contribution in [-0.2, 0) is 6.18 Å². The van der Waals surface area contributed by atoms with Crippen LogP contribution in [0, 0.1) is 3.57 Å². The Labute approximate surface area is 197 Å². The van der Waals surface area contributed by atoms with Gasteiger partial charge in [-0.15, -0.1) is 0 Å². The zero-order valence-electron chi connectivity index (χ0n) is 17.3. The number of amides is 3. The van der Waals surface area contributed by atoms with Crippen LogP contribution in [0.4, 0.5) is 23.7 Å². The van der Waals surface area contributed by atoms with Crippen LogP contribution < -0.4 is 20.7 Å². The van der Waals surface area contributed by atoms with Crippen molar-refractivity contribution in [1.82, 2.24) is 10.6 Å². The minimum absolute atomic E-state index is 0.00694. The molecule has 1 fully saturated rings. The van der Waals surface area contributed by atoms with E-state index in [0.29, 0.717) is 24.2 Å². The minimum Gasteiger partial charge on any atom is -0.490 e. The molecule has 6 nitrogen and oxygen atoms in total. The molecule has 3 rings (SSSR count). The van der Waals surface area contributed by atoms with Crippen molar-refractivity contribution in [3.05, 3.63) is 57.2 Å². The quantitative estimate of drug-likeness (QED) is 0.441. The van der Waals surface area contributed by atoms with Gasteiger partial charge in [0.2, 0.25) is 0 Å². The molecule has 1 aliphatic rings. The normalized spacial score (nSPS) is 18.5. The van der Waals surface area contributed by atoms with Gasteiger partial charge in [-0.05, 0) is 90.7 Å². The molecule has 0 aliphatic heterocycles. The molecule has 0 aromatic heterocycles. The lowest BCUT2D eigenvalue weighted by molar-refractivity contribution is -0.138. The van der Waals surface area contributed by atoms with E-state index in [4.69, 9.17) is 4.74 Å². The highest BCUT2D eigenvalue weighted by Gasteiger charge is 2.33. The Kier molecular flexibility index (Phi) is 7.86. The Balaban J connectivity index is 1.47. The first-order valence-corrected chi connectivity index (χ1v) is 11.2. The lowest BCUT2D eigenvalue weighted by Gasteiger charge is -2.29. The van der Waals surface area contributed by atoms with Crippen LogP contribution in [0.5, 0.6) is 5.75 Å². The topological polar surface area (TPSA) is 79.5 Å². The molecule has 0 spiro atoms. The molecule has 1 saturated carbocycles. The first-order valence-electron chi connectivity index (χ1n) is 10.1. The number of hydrogen-bond acceptors (Lipinski definition) is 3. The molecule has 0 heterocycles. The van der Waals surface area contributed by atoms with Gasteiger partial charge in [0.1, 0.15) is 5.75 Å². The second-order valence-corrected chi connectivity index (χ2v) is 8.65. The van der Waals surface area contributed by atoms with E-state index in [1.807, 2.05) is 0 Å². The molecule has 0 bridgehead atoms. The first-order chi connectivity index (χ1) is 15.2. The molecule has 172 valence electrons. The molecule has 0 unspecified atom stereocenters. The van der Waals surface area contributed by atoms with Crippen molar-refractivity contribution in [3.8, 4) is 5.75 Å². The fraction of sp³-hybridized carbons (Fsp3) is 0.364. The summed E-state index contributed by atoms with van der Waals surface area (Å²) in [6.07, 6.45) is -1.66. The lowest BCUT2D eigenvalue weighted by Crippen LogP contribution is -2.41. The number of carbonyl (C=O) groups excluding carboxylic acids is 2. The van der Waals surface area contributed by atoms with Gasteiger partial charge in [-0.2, -0.15) is 13.2 Å². The fourth-order valence-corrected chi connectivity index (χ4v) is 4.16. The standard InChI is InChI=1S/C22H23F3IN3O3/c1-27-20(30)13-2-7-16(8-3-13)32-17-9-4-14(5-10-17)28-21(31)29-15-6-11-19(26)18(12-15)22(23,24)25/h2-3,6-8,11-12,14,17H,4-5,9-10H2,1H3,(H,27,30)(H2,28,29,31). The summed E-state index contributed by atoms with van der Waals surface area (Å²) in [7, 11) is 1.57. The predicted molar refractivity (Wildman–Crippen MR) is 123 cm³/mol. The largest absolute Gasteiger partial charge is 0.490 e. The van der Waals surface area contributed by atoms with E-state index in [1.165, 1.54) is 12.1 Å². The van der Waals surface area contributed by atoms with E-state index >= 15 is 0 Å². The predicted octanol–water partition coefficient (Wildman–Crippen LogP) is 5.18. The van der Waals surface area contributed by atoms with Crippen molar-refractivity contribution in [1.29, 1.82) is 0 Å². The van der Waals surface area contributed by atoms with Crippen LogP contribution in [0.2, 0.25) is 0 Å². The highest BCUT2D eigenvalue weighted by molar-refractivity contribution is 14.1. The minimum atomic E-state index is -4.48. The molecule has 0 atom stereocenters. The van der Waals surface area contributed by atoms with Gasteiger partial charge in [0.05, 0.1) is 11.7 Å². The van der Waals surface area contributed by atoms with Crippen molar-refractivity contribution in [2.24, 2.45) is 0 Å². The van der Waals surface area contributed by atoms with E-state index < -0.39 is 17.8 Å². The average molecular weight is 561 g/mol. The van der Waals surface area contributed by atoms with Crippen molar-refractivity contribution in [2.75, 3.05) is 12.4 Å². The third-order valence-electron chi connectivity index (χ3n) is 5.19. The molecule has 3 amide bonds. The Morgan fingerprint density at radius 3 is 2.28 bits per heavy atom. The van der Waals surface area contributed by atoms with Crippen LogP contribution in [0.3, 0.4) is 0 Å². The summed E-state index contributed by atoms with van der Waals surface area (Å²) in [5.74, 6) is 0.507. The van der Waals surface area contributed by atoms with E-state index in [9.17, 15) is 22.8 Å². The Bertz CT molecular complexity index is 959. The molecule has 10 heteroatoms. The molecule has 1 aliphatic carbocycles. The van der Waals surface area contributed by atoms with E-state index in [2.05, 4.69) is 16.0 Å². The highest BCUT2D eigenvalue weighted by Crippen LogP contribution is 2.34. The lowest BCUT2D eigenvalue weighted by atomic mass is 9.93. The molecule has 2 aromatic carbocycles. The summed E-state index contributed by atoms with van der Waals surface area (Å²) >= 11 is 1.62. The molecular formula is C22H23F3IN3O3. The summed E-state index contributed by atoms with van der Waals surface area (Å²) in [4.78, 5) is 23.8. The van der Waals surface area contributed by atoms with Gasteiger partial charge in [-0.3, -0.25) is 4.79 Å². The first kappa shape index (κ1) is 24.1. The summed E-state index contributed by atoms with van der Waals surface area (Å²) in [5, 5.41) is 7.86. The van der Waals surface area contributed by atoms with Crippen molar-refractivity contribution in [2.45, 2.75) is 44.0 Å². The Morgan fingerprint density at radius 1 is 1.03 bits per heavy atom. The third-order valence-corrected chi connectivity index (χ3v) is 6.13. The maximum Gasteiger partial charge on any atom is 0.417 e. The number of benzene rings is 2. The summed E-state index contributed by atoms with van der Waals surface area (Å²) in [6, 6.07) is 9.96. The number of rotatable bonds is 5. The van der Waals surface area contributed by atoms with Crippen LogP contribution >= 0.6 is 22.6 Å². The van der Waals surface area contributed by atoms with Crippen molar-refractivity contribution in [3.63, 3.8) is 0 Å². The number of hydrogen-bond donors (Lipinski definition) is 3. The van der Waals surface area contributed by atoms with Crippen LogP contribution in [0.15, 0.2) is 42.5 Å². The maximum atomic E-state index is 13.0. The van der Waals surface area contributed by atoms with Gasteiger partial charge in [-0.25, -0.2) is 4.79 Å². The monoisotopic (exact) mass is 561 g/mol. The number of ether oxygens (including phenoxy) is 1. The third kappa shape index (κ3) is 6.50. The van der Waals surface area contributed by atoms with Crippen molar-refractivity contribution >= 4 is 40.2 Å². The second kappa shape index (κ2) is 10.4. The second-order valence-electron chi connectivity index (χ2n) is 7.49. The molecule has 0 radical (unpaired) electrons. The van der Waals surface area contributed by atoms with Gasteiger partial charge in [0, 0.05) is 27.9 Å². The van der Waals surface area contributed by atoms with Gasteiger partial charge in [0.25, 0.3) is 5.91 Å². The number of alkyl halides is 3. The smallest absolute Gasteiger partial charge is 0.417 e. The van der Waals surface area contributed by atoms with Crippen LogP contribution in [0.1, 0.15) is 41.6 Å². The van der Waals surface area contributed by atoms with Gasteiger partial charge in [-0.1, -0.05) is 0 Å². The zero-order chi connectivity index (χ0) is 23.3. The summed E-state index contributed by atoms with van der Waals surface area (Å²) in [5.41, 5.74) is -0.140. The highest BCUT2D eigenvalue weighted by atomic mass is 127. The van der Waals surface area contributed by atoms with E-state index in [-0.39, 0.29) is 27.3 Å². The summed E-state index contributed by atoms with van der Waals surface area (Å²) < 4.78 is 45.2. The number of anilines is 1. The number of halogens is 4. The SMILES string of the molecule is CNC(=O)c1ccc(OC2CCC(NC(=O)Nc3ccc(I)c(C(F)(F)F)c3)CC2)cc1. The molecule has 32 heavy (non-hydrogen) atoms. The number of nitrogens with one attached hydrogen (secondary N) is 3. The number of urea groups is 1. The van der Waals surface area contributed by atoms with Gasteiger partial charge < -0.3 is 20.7 Å². The molecule has 2 aromatic rings. The zero-order valence-corrected chi connectivity index (χ0v) is 19.4. The van der Waals surface area contributed by atoms with E-state index in [1.54, 1.807) is 53.9 Å². The summed E-state index contributed by atoms with van der Waals surface area (Å²) in [6.45, 7) is 0. The molecule has 3 N–H and O–H groups in total. The molecular weight excluding hydrogens is 538 g/mol. The fourth-order valence-electron chi connectivity index (χ4n) is 3.52. The Morgan fingerprint density at radius 2 is 1.69 bits per heavy atom. The van der Waals surface area contributed by atoms with Crippen LogP contribution in [-0.4, -0.2) is 31.1 Å².